The third-order valence-electron chi connectivity index (χ3n) is 4.95. The van der Waals surface area contributed by atoms with Crippen LogP contribution in [0.4, 0.5) is 4.79 Å². The standard InChI is InChI=1S/C24H29NO5/c1-24(2,3)30-23(27)25-20(13-14-21(25)22(26)28-4)18-11-8-12-19(15-18)29-16-17-9-6-5-7-10-17/h5-12,15,20-21H,13-14,16H2,1-4H3/t20-,21+/m1/s1. The Bertz CT molecular complexity index is 875. The molecule has 2 atom stereocenters. The highest BCUT2D eigenvalue weighted by Gasteiger charge is 2.44. The number of hydrogen-bond acceptors (Lipinski definition) is 5. The van der Waals surface area contributed by atoms with Gasteiger partial charge in [0.25, 0.3) is 0 Å². The number of benzene rings is 2. The lowest BCUT2D eigenvalue weighted by Crippen LogP contribution is -2.44. The van der Waals surface area contributed by atoms with Crippen molar-refractivity contribution < 1.29 is 23.8 Å². The maximum atomic E-state index is 12.9. The van der Waals surface area contributed by atoms with Crippen LogP contribution < -0.4 is 4.74 Å². The van der Waals surface area contributed by atoms with Crippen molar-refractivity contribution >= 4 is 12.1 Å². The zero-order valence-corrected chi connectivity index (χ0v) is 18.0. The van der Waals surface area contributed by atoms with Gasteiger partial charge in [-0.15, -0.1) is 0 Å². The van der Waals surface area contributed by atoms with Crippen LogP contribution >= 0.6 is 0 Å². The molecule has 0 N–H and O–H groups in total. The van der Waals surface area contributed by atoms with Crippen molar-refractivity contribution in [1.82, 2.24) is 4.90 Å². The van der Waals surface area contributed by atoms with Gasteiger partial charge in [-0.25, -0.2) is 9.59 Å². The minimum Gasteiger partial charge on any atom is -0.489 e. The Kier molecular flexibility index (Phi) is 6.65. The van der Waals surface area contributed by atoms with Crippen molar-refractivity contribution in [3.8, 4) is 5.75 Å². The molecule has 2 aromatic rings. The van der Waals surface area contributed by atoms with Crippen LogP contribution in [-0.2, 0) is 20.9 Å². The van der Waals surface area contributed by atoms with E-state index >= 15 is 0 Å². The van der Waals surface area contributed by atoms with E-state index < -0.39 is 23.7 Å². The van der Waals surface area contributed by atoms with E-state index in [1.807, 2.05) is 54.6 Å². The molecule has 2 aromatic carbocycles. The van der Waals surface area contributed by atoms with Crippen LogP contribution in [0.5, 0.6) is 5.75 Å². The first-order valence-corrected chi connectivity index (χ1v) is 10.1. The fourth-order valence-electron chi connectivity index (χ4n) is 3.63. The SMILES string of the molecule is COC(=O)[C@@H]1CC[C@H](c2cccc(OCc3ccccc3)c2)N1C(=O)OC(C)(C)C. The maximum Gasteiger partial charge on any atom is 0.411 e. The zero-order valence-electron chi connectivity index (χ0n) is 18.0. The van der Waals surface area contributed by atoms with Crippen LogP contribution in [0.25, 0.3) is 0 Å². The first-order chi connectivity index (χ1) is 14.3. The van der Waals surface area contributed by atoms with Crippen LogP contribution in [0, 0.1) is 0 Å². The van der Waals surface area contributed by atoms with Gasteiger partial charge >= 0.3 is 12.1 Å². The summed E-state index contributed by atoms with van der Waals surface area (Å²) >= 11 is 0. The minimum absolute atomic E-state index is 0.288. The molecule has 0 aromatic heterocycles. The number of esters is 1. The van der Waals surface area contributed by atoms with E-state index in [1.54, 1.807) is 20.8 Å². The van der Waals surface area contributed by atoms with Crippen LogP contribution in [-0.4, -0.2) is 35.7 Å². The van der Waals surface area contributed by atoms with Crippen molar-refractivity contribution in [2.75, 3.05) is 7.11 Å². The molecular formula is C24H29NO5. The third kappa shape index (κ3) is 5.32. The van der Waals surface area contributed by atoms with Crippen LogP contribution in [0.15, 0.2) is 54.6 Å². The predicted octanol–water partition coefficient (Wildman–Crippen LogP) is 4.88. The molecule has 0 radical (unpaired) electrons. The van der Waals surface area contributed by atoms with Crippen molar-refractivity contribution in [2.24, 2.45) is 0 Å². The number of methoxy groups -OCH3 is 1. The van der Waals surface area contributed by atoms with Crippen LogP contribution in [0.2, 0.25) is 0 Å². The summed E-state index contributed by atoms with van der Waals surface area (Å²) < 4.78 is 16.4. The van der Waals surface area contributed by atoms with E-state index in [0.717, 1.165) is 11.1 Å². The molecular weight excluding hydrogens is 382 g/mol. The Balaban J connectivity index is 1.81. The quantitative estimate of drug-likeness (QED) is 0.656. The number of nitrogens with zero attached hydrogens (tertiary/aromatic N) is 1. The zero-order chi connectivity index (χ0) is 21.7. The molecule has 30 heavy (non-hydrogen) atoms. The minimum atomic E-state index is -0.663. The van der Waals surface area contributed by atoms with Crippen LogP contribution in [0.3, 0.4) is 0 Å². The largest absolute Gasteiger partial charge is 0.489 e. The average Bonchev–Trinajstić information content (AvgIpc) is 3.17. The fourth-order valence-corrected chi connectivity index (χ4v) is 3.63. The molecule has 160 valence electrons. The van der Waals surface area contributed by atoms with Gasteiger partial charge in [0, 0.05) is 0 Å². The Morgan fingerprint density at radius 1 is 1.03 bits per heavy atom. The third-order valence-corrected chi connectivity index (χ3v) is 4.95. The highest BCUT2D eigenvalue weighted by Crippen LogP contribution is 2.38. The first kappa shape index (κ1) is 21.7. The molecule has 6 nitrogen and oxygen atoms in total. The van der Waals surface area contributed by atoms with Gasteiger partial charge in [-0.05, 0) is 56.9 Å². The molecule has 0 aliphatic carbocycles. The summed E-state index contributed by atoms with van der Waals surface area (Å²) in [6.45, 7) is 5.87. The van der Waals surface area contributed by atoms with E-state index in [4.69, 9.17) is 14.2 Å². The normalized spacial score (nSPS) is 18.7. The van der Waals surface area contributed by atoms with E-state index in [1.165, 1.54) is 12.0 Å². The summed E-state index contributed by atoms with van der Waals surface area (Å²) in [7, 11) is 1.33. The molecule has 0 saturated carbocycles. The van der Waals surface area contributed by atoms with Crippen LogP contribution in [0.1, 0.15) is 50.8 Å². The van der Waals surface area contributed by atoms with Gasteiger partial charge in [-0.1, -0.05) is 42.5 Å². The molecule has 1 fully saturated rings. The second-order valence-electron chi connectivity index (χ2n) is 8.37. The van der Waals surface area contributed by atoms with Crippen molar-refractivity contribution in [3.05, 3.63) is 65.7 Å². The number of hydrogen-bond donors (Lipinski definition) is 0. The van der Waals surface area contributed by atoms with Gasteiger partial charge in [0.1, 0.15) is 24.0 Å². The van der Waals surface area contributed by atoms with E-state index in [9.17, 15) is 9.59 Å². The van der Waals surface area contributed by atoms with Gasteiger partial charge in [-0.2, -0.15) is 0 Å². The second kappa shape index (κ2) is 9.20. The Morgan fingerprint density at radius 2 is 1.77 bits per heavy atom. The average molecular weight is 411 g/mol. The number of carbonyl (C=O) groups is 2. The topological polar surface area (TPSA) is 65.1 Å². The summed E-state index contributed by atoms with van der Waals surface area (Å²) in [6.07, 6.45) is 0.642. The number of amides is 1. The molecule has 1 amide bonds. The summed E-state index contributed by atoms with van der Waals surface area (Å²) in [5, 5.41) is 0. The molecule has 0 bridgehead atoms. The Labute approximate surface area is 177 Å². The summed E-state index contributed by atoms with van der Waals surface area (Å²) in [5.74, 6) is 0.279. The first-order valence-electron chi connectivity index (χ1n) is 10.1. The molecule has 0 unspecified atom stereocenters. The van der Waals surface area contributed by atoms with Gasteiger partial charge in [-0.3, -0.25) is 4.90 Å². The second-order valence-corrected chi connectivity index (χ2v) is 8.37. The van der Waals surface area contributed by atoms with E-state index in [-0.39, 0.29) is 6.04 Å². The van der Waals surface area contributed by atoms with Gasteiger partial charge in [0.05, 0.1) is 13.2 Å². The molecule has 0 spiro atoms. The van der Waals surface area contributed by atoms with Crippen molar-refractivity contribution in [1.29, 1.82) is 0 Å². The van der Waals surface area contributed by atoms with Crippen molar-refractivity contribution in [3.63, 3.8) is 0 Å². The highest BCUT2D eigenvalue weighted by molar-refractivity contribution is 5.82. The lowest BCUT2D eigenvalue weighted by molar-refractivity contribution is -0.146. The number of rotatable bonds is 5. The molecule has 1 aliphatic rings. The summed E-state index contributed by atoms with van der Waals surface area (Å²) in [4.78, 5) is 26.7. The molecule has 1 heterocycles. The Hall–Kier alpha value is -3.02. The van der Waals surface area contributed by atoms with Gasteiger partial charge < -0.3 is 14.2 Å². The fraction of sp³-hybridized carbons (Fsp3) is 0.417. The molecule has 6 heteroatoms. The number of likely N-dealkylation sites (tertiary alicyclic amines) is 1. The lowest BCUT2D eigenvalue weighted by atomic mass is 10.0. The van der Waals surface area contributed by atoms with E-state index in [0.29, 0.717) is 25.2 Å². The predicted molar refractivity (Wildman–Crippen MR) is 113 cm³/mol. The Morgan fingerprint density at radius 3 is 2.43 bits per heavy atom. The highest BCUT2D eigenvalue weighted by atomic mass is 16.6. The molecule has 3 rings (SSSR count). The van der Waals surface area contributed by atoms with Crippen molar-refractivity contribution in [2.45, 2.75) is 57.9 Å². The molecule has 1 aliphatic heterocycles. The summed E-state index contributed by atoms with van der Waals surface area (Å²) in [6, 6.07) is 16.6. The molecule has 1 saturated heterocycles. The van der Waals surface area contributed by atoms with Gasteiger partial charge in [0.2, 0.25) is 0 Å². The number of ether oxygens (including phenoxy) is 3. The maximum absolute atomic E-state index is 12.9. The monoisotopic (exact) mass is 411 g/mol. The van der Waals surface area contributed by atoms with Gasteiger partial charge in [0.15, 0.2) is 0 Å². The number of carbonyl (C=O) groups excluding carboxylic acids is 2. The smallest absolute Gasteiger partial charge is 0.411 e. The van der Waals surface area contributed by atoms with E-state index in [2.05, 4.69) is 0 Å². The lowest BCUT2D eigenvalue weighted by Gasteiger charge is -2.31. The summed E-state index contributed by atoms with van der Waals surface area (Å²) in [5.41, 5.74) is 1.31.